The first-order valence-electron chi connectivity index (χ1n) is 7.74. The second-order valence-electron chi connectivity index (χ2n) is 7.44. The van der Waals surface area contributed by atoms with E-state index in [1.807, 2.05) is 0 Å². The lowest BCUT2D eigenvalue weighted by Gasteiger charge is -2.41. The molecule has 0 radical (unpaired) electrons. The molecule has 0 aromatic heterocycles. The molecule has 0 heterocycles. The van der Waals surface area contributed by atoms with Crippen molar-refractivity contribution in [2.75, 3.05) is 6.54 Å². The molecule has 1 aromatic carbocycles. The Balaban J connectivity index is 3.26. The van der Waals surface area contributed by atoms with Gasteiger partial charge < -0.3 is 14.0 Å². The summed E-state index contributed by atoms with van der Waals surface area (Å²) in [6, 6.07) is 11.5. The van der Waals surface area contributed by atoms with Gasteiger partial charge in [0.2, 0.25) is 0 Å². The zero-order chi connectivity index (χ0) is 16.1. The van der Waals surface area contributed by atoms with E-state index in [-0.39, 0.29) is 0 Å². The Morgan fingerprint density at radius 1 is 0.857 bits per heavy atom. The van der Waals surface area contributed by atoms with Gasteiger partial charge in [0, 0.05) is 0 Å². The molecule has 0 amide bonds. The molecule has 0 unspecified atom stereocenters. The van der Waals surface area contributed by atoms with Gasteiger partial charge in [0.05, 0.1) is 0 Å². The summed E-state index contributed by atoms with van der Waals surface area (Å²) in [5.74, 6) is 0. The largest absolute Gasteiger partial charge is 0.433 e. The van der Waals surface area contributed by atoms with Gasteiger partial charge >= 0.3 is 8.56 Å². The topological polar surface area (TPSA) is 44.5 Å². The molecule has 3 nitrogen and oxygen atoms in total. The van der Waals surface area contributed by atoms with Crippen molar-refractivity contribution in [1.82, 2.24) is 0 Å². The van der Waals surface area contributed by atoms with Gasteiger partial charge in [0.1, 0.15) is 0 Å². The van der Waals surface area contributed by atoms with Crippen LogP contribution in [-0.4, -0.2) is 31.7 Å². The van der Waals surface area contributed by atoms with Crippen molar-refractivity contribution in [3.63, 3.8) is 0 Å². The minimum absolute atomic E-state index is 0.686. The molecule has 0 saturated carbocycles. The number of hydrogen-bond donors (Lipinski definition) is 1. The van der Waals surface area contributed by atoms with Gasteiger partial charge in [-0.3, -0.25) is 0 Å². The molecular weight excluding hydrogens is 310 g/mol. The van der Waals surface area contributed by atoms with Crippen molar-refractivity contribution in [2.45, 2.75) is 51.7 Å². The van der Waals surface area contributed by atoms with Crippen molar-refractivity contribution in [1.29, 1.82) is 0 Å². The van der Waals surface area contributed by atoms with Gasteiger partial charge in [-0.05, 0) is 63.5 Å². The zero-order valence-corrected chi connectivity index (χ0v) is 17.4. The first-order valence-corrected chi connectivity index (χ1v) is 16.6. The van der Waals surface area contributed by atoms with Crippen LogP contribution in [0.1, 0.15) is 6.42 Å². The number of nitrogens with two attached hydrogens (primary N) is 1. The van der Waals surface area contributed by atoms with E-state index in [0.717, 1.165) is 12.5 Å². The van der Waals surface area contributed by atoms with Crippen LogP contribution >= 0.6 is 0 Å². The fourth-order valence-corrected chi connectivity index (χ4v) is 14.3. The van der Waals surface area contributed by atoms with Crippen LogP contribution in [0.3, 0.4) is 0 Å². The van der Waals surface area contributed by atoms with Crippen LogP contribution in [0.4, 0.5) is 0 Å². The van der Waals surface area contributed by atoms with Gasteiger partial charge in [0.15, 0.2) is 16.6 Å². The van der Waals surface area contributed by atoms with E-state index >= 15 is 0 Å². The maximum atomic E-state index is 6.72. The summed E-state index contributed by atoms with van der Waals surface area (Å²) in [6.07, 6.45) is 0.954. The van der Waals surface area contributed by atoms with Crippen LogP contribution in [-0.2, 0) is 8.23 Å². The normalized spacial score (nSPS) is 13.5. The maximum Gasteiger partial charge on any atom is 0.352 e. The lowest BCUT2D eigenvalue weighted by atomic mass is 10.4. The molecule has 0 aliphatic carbocycles. The van der Waals surface area contributed by atoms with Gasteiger partial charge in [-0.15, -0.1) is 0 Å². The van der Waals surface area contributed by atoms with Gasteiger partial charge in [-0.2, -0.15) is 0 Å². The van der Waals surface area contributed by atoms with E-state index in [9.17, 15) is 0 Å². The van der Waals surface area contributed by atoms with Gasteiger partial charge in [-0.1, -0.05) is 30.3 Å². The highest BCUT2D eigenvalue weighted by atomic mass is 28.5. The van der Waals surface area contributed by atoms with Crippen molar-refractivity contribution in [3.05, 3.63) is 30.3 Å². The standard InChI is InChI=1S/C15H31NO2Si3/c1-19(2,3)17-21(14-10-13-16,18-20(4,5)6)15-11-8-7-9-12-15/h7-9,11-12H,10,13-14,16H2,1-6H3. The smallest absolute Gasteiger partial charge is 0.352 e. The van der Waals surface area contributed by atoms with E-state index in [2.05, 4.69) is 69.6 Å². The zero-order valence-electron chi connectivity index (χ0n) is 14.4. The summed E-state index contributed by atoms with van der Waals surface area (Å²) in [4.78, 5) is 0. The van der Waals surface area contributed by atoms with E-state index in [1.54, 1.807) is 0 Å². The Labute approximate surface area is 133 Å². The minimum atomic E-state index is -2.42. The summed E-state index contributed by atoms with van der Waals surface area (Å²) in [5.41, 5.74) is 5.78. The summed E-state index contributed by atoms with van der Waals surface area (Å²) in [6.45, 7) is 14.1. The Bertz CT molecular complexity index is 411. The van der Waals surface area contributed by atoms with Crippen molar-refractivity contribution in [3.8, 4) is 0 Å². The van der Waals surface area contributed by atoms with Crippen LogP contribution in [0.5, 0.6) is 0 Å². The molecule has 0 aliphatic heterocycles. The summed E-state index contributed by atoms with van der Waals surface area (Å²) in [5, 5.41) is 1.25. The Morgan fingerprint density at radius 3 is 1.71 bits per heavy atom. The molecule has 120 valence electrons. The molecule has 0 fully saturated rings. The molecule has 0 bridgehead atoms. The lowest BCUT2D eigenvalue weighted by molar-refractivity contribution is 0.391. The third-order valence-electron chi connectivity index (χ3n) is 2.87. The molecule has 0 spiro atoms. The van der Waals surface area contributed by atoms with Crippen LogP contribution in [0.25, 0.3) is 0 Å². The molecule has 1 rings (SSSR count). The fraction of sp³-hybridized carbons (Fsp3) is 0.600. The molecular formula is C15H31NO2Si3. The molecule has 6 heteroatoms. The lowest BCUT2D eigenvalue weighted by Crippen LogP contribution is -2.62. The van der Waals surface area contributed by atoms with Crippen LogP contribution in [0, 0.1) is 0 Å². The van der Waals surface area contributed by atoms with Crippen molar-refractivity contribution < 1.29 is 8.23 Å². The molecule has 1 aromatic rings. The Kier molecular flexibility index (Phi) is 6.57. The summed E-state index contributed by atoms with van der Waals surface area (Å²) in [7, 11) is -5.83. The second kappa shape index (κ2) is 7.34. The molecule has 0 atom stereocenters. The highest BCUT2D eigenvalue weighted by molar-refractivity contribution is 6.94. The second-order valence-corrected chi connectivity index (χ2v) is 20.1. The van der Waals surface area contributed by atoms with E-state index in [1.165, 1.54) is 5.19 Å². The summed E-state index contributed by atoms with van der Waals surface area (Å²) < 4.78 is 13.4. The minimum Gasteiger partial charge on any atom is -0.433 e. The molecule has 0 aliphatic rings. The van der Waals surface area contributed by atoms with E-state index in [4.69, 9.17) is 14.0 Å². The average Bonchev–Trinajstić information content (AvgIpc) is 2.33. The fourth-order valence-electron chi connectivity index (χ4n) is 2.40. The average molecular weight is 342 g/mol. The predicted octanol–water partition coefficient (Wildman–Crippen LogP) is 3.39. The quantitative estimate of drug-likeness (QED) is 0.737. The highest BCUT2D eigenvalue weighted by Crippen LogP contribution is 2.25. The molecule has 2 N–H and O–H groups in total. The maximum absolute atomic E-state index is 6.72. The predicted molar refractivity (Wildman–Crippen MR) is 99.2 cm³/mol. The third kappa shape index (κ3) is 6.58. The Hall–Kier alpha value is -0.249. The molecule has 21 heavy (non-hydrogen) atoms. The van der Waals surface area contributed by atoms with E-state index < -0.39 is 25.2 Å². The highest BCUT2D eigenvalue weighted by Gasteiger charge is 2.45. The third-order valence-corrected chi connectivity index (χ3v) is 12.6. The van der Waals surface area contributed by atoms with Gasteiger partial charge in [0.25, 0.3) is 0 Å². The number of hydrogen-bond acceptors (Lipinski definition) is 3. The first kappa shape index (κ1) is 18.8. The first-order chi connectivity index (χ1) is 9.58. The molecule has 0 saturated heterocycles. The van der Waals surface area contributed by atoms with Crippen LogP contribution in [0.2, 0.25) is 45.3 Å². The summed E-state index contributed by atoms with van der Waals surface area (Å²) >= 11 is 0. The van der Waals surface area contributed by atoms with Gasteiger partial charge in [-0.25, -0.2) is 0 Å². The van der Waals surface area contributed by atoms with E-state index in [0.29, 0.717) is 6.54 Å². The Morgan fingerprint density at radius 2 is 1.33 bits per heavy atom. The number of rotatable bonds is 8. The van der Waals surface area contributed by atoms with Crippen LogP contribution < -0.4 is 10.9 Å². The monoisotopic (exact) mass is 341 g/mol. The van der Waals surface area contributed by atoms with Crippen LogP contribution in [0.15, 0.2) is 30.3 Å². The van der Waals surface area contributed by atoms with Crippen molar-refractivity contribution >= 4 is 30.4 Å². The SMILES string of the molecule is C[Si](C)(C)O[Si](CCCN)(O[Si](C)(C)C)c1ccccc1. The van der Waals surface area contributed by atoms with Crippen molar-refractivity contribution in [2.24, 2.45) is 5.73 Å². The number of benzene rings is 1.